The summed E-state index contributed by atoms with van der Waals surface area (Å²) in [6.07, 6.45) is 2.59. The summed E-state index contributed by atoms with van der Waals surface area (Å²) in [7, 11) is 0. The molecule has 1 heterocycles. The van der Waals surface area contributed by atoms with Crippen molar-refractivity contribution in [3.05, 3.63) is 0 Å². The fraction of sp³-hybridized carbons (Fsp3) is 0.667. The van der Waals surface area contributed by atoms with Crippen LogP contribution in [0.1, 0.15) is 12.8 Å². The minimum Gasteiger partial charge on any atom is -0.370 e. The van der Waals surface area contributed by atoms with Crippen LogP contribution in [0.15, 0.2) is 4.99 Å². The molecule has 0 aromatic heterocycles. The van der Waals surface area contributed by atoms with Gasteiger partial charge in [-0.05, 0) is 31.0 Å². The van der Waals surface area contributed by atoms with Crippen molar-refractivity contribution >= 4 is 23.3 Å². The van der Waals surface area contributed by atoms with Gasteiger partial charge < -0.3 is 16.4 Å². The lowest BCUT2D eigenvalue weighted by Gasteiger charge is -2.22. The van der Waals surface area contributed by atoms with Gasteiger partial charge in [-0.15, -0.1) is 0 Å². The van der Waals surface area contributed by atoms with E-state index in [4.69, 9.17) is 18.0 Å². The Bertz CT molecular complexity index is 221. The highest BCUT2D eigenvalue weighted by molar-refractivity contribution is 7.80. The van der Waals surface area contributed by atoms with Gasteiger partial charge in [-0.3, -0.25) is 0 Å². The van der Waals surface area contributed by atoms with Gasteiger partial charge in [0.15, 0.2) is 11.1 Å². The van der Waals surface area contributed by atoms with Crippen molar-refractivity contribution in [2.45, 2.75) is 19.0 Å². The van der Waals surface area contributed by atoms with Crippen LogP contribution < -0.4 is 16.4 Å². The Kier molecular flexibility index (Phi) is 1.45. The molecule has 0 aromatic carbocycles. The molecule has 4 nitrogen and oxygen atoms in total. The Labute approximate surface area is 70.2 Å². The summed E-state index contributed by atoms with van der Waals surface area (Å²) in [4.78, 5) is 4.18. The van der Waals surface area contributed by atoms with Crippen LogP contribution in [0.2, 0.25) is 0 Å². The number of nitrogens with two attached hydrogens (primary N) is 1. The largest absolute Gasteiger partial charge is 0.370 e. The number of nitrogens with zero attached hydrogens (tertiary/aromatic N) is 1. The van der Waals surface area contributed by atoms with Gasteiger partial charge in [-0.25, -0.2) is 4.99 Å². The van der Waals surface area contributed by atoms with Gasteiger partial charge in [-0.2, -0.15) is 0 Å². The summed E-state index contributed by atoms with van der Waals surface area (Å²) in [5.74, 6) is 1.08. The van der Waals surface area contributed by atoms with E-state index in [0.29, 0.717) is 17.0 Å². The van der Waals surface area contributed by atoms with Gasteiger partial charge in [0.05, 0.1) is 0 Å². The van der Waals surface area contributed by atoms with E-state index in [1.807, 2.05) is 0 Å². The number of thiocarbonyl (C=S) groups is 1. The standard InChI is InChI=1S/C6H10N4S/c7-5-8-4(3-1-2-3)9-6(11)10-5/h3-4H,1-2H2,(H4,7,8,9,10,11)/t4-/m0/s1. The molecule has 0 radical (unpaired) electrons. The van der Waals surface area contributed by atoms with Crippen molar-refractivity contribution in [1.82, 2.24) is 10.6 Å². The van der Waals surface area contributed by atoms with Crippen LogP contribution >= 0.6 is 12.2 Å². The van der Waals surface area contributed by atoms with E-state index in [9.17, 15) is 0 Å². The third-order valence-electron chi connectivity index (χ3n) is 1.87. The molecule has 5 heteroatoms. The van der Waals surface area contributed by atoms with Crippen molar-refractivity contribution in [2.75, 3.05) is 0 Å². The number of guanidine groups is 1. The summed E-state index contributed by atoms with van der Waals surface area (Å²) >= 11 is 4.92. The quantitative estimate of drug-likeness (QED) is 0.465. The van der Waals surface area contributed by atoms with Crippen LogP contribution in [0.5, 0.6) is 0 Å². The average Bonchev–Trinajstić information content (AvgIpc) is 2.64. The van der Waals surface area contributed by atoms with E-state index >= 15 is 0 Å². The lowest BCUT2D eigenvalue weighted by atomic mass is 10.3. The van der Waals surface area contributed by atoms with Crippen LogP contribution in [0, 0.1) is 5.92 Å². The lowest BCUT2D eigenvalue weighted by molar-refractivity contribution is 0.550. The fourth-order valence-electron chi connectivity index (χ4n) is 1.14. The zero-order valence-corrected chi connectivity index (χ0v) is 6.82. The lowest BCUT2D eigenvalue weighted by Crippen LogP contribution is -2.53. The number of hydrogen-bond acceptors (Lipinski definition) is 3. The minimum atomic E-state index is 0.128. The third kappa shape index (κ3) is 1.42. The Balaban J connectivity index is 2.09. The molecule has 0 unspecified atom stereocenters. The molecule has 2 aliphatic rings. The normalized spacial score (nSPS) is 30.4. The minimum absolute atomic E-state index is 0.128. The van der Waals surface area contributed by atoms with Gasteiger partial charge in [0.25, 0.3) is 0 Å². The first-order valence-electron chi connectivity index (χ1n) is 3.66. The van der Waals surface area contributed by atoms with E-state index in [1.165, 1.54) is 12.8 Å². The van der Waals surface area contributed by atoms with Crippen molar-refractivity contribution in [3.63, 3.8) is 0 Å². The topological polar surface area (TPSA) is 62.4 Å². The van der Waals surface area contributed by atoms with Gasteiger partial charge in [0.1, 0.15) is 6.17 Å². The first kappa shape index (κ1) is 6.84. The molecular formula is C6H10N4S. The molecule has 1 aliphatic heterocycles. The molecular weight excluding hydrogens is 160 g/mol. The van der Waals surface area contributed by atoms with Crippen LogP contribution in [0.4, 0.5) is 0 Å². The van der Waals surface area contributed by atoms with Gasteiger partial charge in [0.2, 0.25) is 0 Å². The average molecular weight is 170 g/mol. The van der Waals surface area contributed by atoms with E-state index in [0.717, 1.165) is 0 Å². The second kappa shape index (κ2) is 2.34. The molecule has 0 saturated heterocycles. The number of hydrogen-bond donors (Lipinski definition) is 3. The monoisotopic (exact) mass is 170 g/mol. The van der Waals surface area contributed by atoms with E-state index in [2.05, 4.69) is 15.6 Å². The van der Waals surface area contributed by atoms with E-state index in [-0.39, 0.29) is 6.17 Å². The van der Waals surface area contributed by atoms with E-state index < -0.39 is 0 Å². The summed E-state index contributed by atoms with van der Waals surface area (Å²) < 4.78 is 0. The first-order chi connectivity index (χ1) is 5.25. The third-order valence-corrected chi connectivity index (χ3v) is 2.09. The Morgan fingerprint density at radius 1 is 1.55 bits per heavy atom. The molecule has 2 rings (SSSR count). The molecule has 0 amide bonds. The highest BCUT2D eigenvalue weighted by Gasteiger charge is 2.33. The highest BCUT2D eigenvalue weighted by Crippen LogP contribution is 2.33. The number of aliphatic imine (C=N–C) groups is 1. The van der Waals surface area contributed by atoms with Crippen LogP contribution in [-0.2, 0) is 0 Å². The molecule has 4 N–H and O–H groups in total. The van der Waals surface area contributed by atoms with Crippen molar-refractivity contribution in [2.24, 2.45) is 16.6 Å². The fourth-order valence-corrected chi connectivity index (χ4v) is 1.36. The zero-order chi connectivity index (χ0) is 7.84. The maximum Gasteiger partial charge on any atom is 0.197 e. The summed E-state index contributed by atoms with van der Waals surface area (Å²) in [5, 5.41) is 6.39. The molecule has 60 valence electrons. The van der Waals surface area contributed by atoms with Crippen molar-refractivity contribution in [1.29, 1.82) is 0 Å². The molecule has 0 bridgehead atoms. The molecule has 1 aliphatic carbocycles. The Morgan fingerprint density at radius 2 is 2.27 bits per heavy atom. The first-order valence-corrected chi connectivity index (χ1v) is 4.07. The van der Waals surface area contributed by atoms with Crippen molar-refractivity contribution < 1.29 is 0 Å². The molecule has 1 fully saturated rings. The number of rotatable bonds is 1. The molecule has 1 saturated carbocycles. The molecule has 0 aromatic rings. The molecule has 11 heavy (non-hydrogen) atoms. The van der Waals surface area contributed by atoms with Gasteiger partial charge in [-0.1, -0.05) is 0 Å². The zero-order valence-electron chi connectivity index (χ0n) is 6.00. The smallest absolute Gasteiger partial charge is 0.197 e. The highest BCUT2D eigenvalue weighted by atomic mass is 32.1. The predicted octanol–water partition coefficient (Wildman–Crippen LogP) is -0.485. The van der Waals surface area contributed by atoms with E-state index in [1.54, 1.807) is 0 Å². The predicted molar refractivity (Wildman–Crippen MR) is 47.0 cm³/mol. The SMILES string of the molecule is NC1=N[C@H](C2CC2)NC(=S)N1. The summed E-state index contributed by atoms with van der Waals surface area (Å²) in [6, 6.07) is 0. The maximum absolute atomic E-state index is 5.49. The van der Waals surface area contributed by atoms with Gasteiger partial charge >= 0.3 is 0 Å². The molecule has 1 atom stereocenters. The van der Waals surface area contributed by atoms with Crippen molar-refractivity contribution in [3.8, 4) is 0 Å². The number of nitrogens with one attached hydrogen (secondary N) is 2. The van der Waals surface area contributed by atoms with Crippen LogP contribution in [-0.4, -0.2) is 17.2 Å². The van der Waals surface area contributed by atoms with Crippen LogP contribution in [0.3, 0.4) is 0 Å². The Morgan fingerprint density at radius 3 is 2.82 bits per heavy atom. The van der Waals surface area contributed by atoms with Gasteiger partial charge in [0, 0.05) is 0 Å². The Hall–Kier alpha value is -0.840. The summed E-state index contributed by atoms with van der Waals surface area (Å²) in [5.41, 5.74) is 5.49. The van der Waals surface area contributed by atoms with Crippen LogP contribution in [0.25, 0.3) is 0 Å². The maximum atomic E-state index is 5.49. The molecule has 0 spiro atoms. The summed E-state index contributed by atoms with van der Waals surface area (Å²) in [6.45, 7) is 0. The second-order valence-corrected chi connectivity index (χ2v) is 3.30. The second-order valence-electron chi connectivity index (χ2n) is 2.90.